The molecule has 1 fully saturated rings. The van der Waals surface area contributed by atoms with Crippen LogP contribution in [0.4, 0.5) is 0 Å². The second kappa shape index (κ2) is 4.48. The van der Waals surface area contributed by atoms with Crippen molar-refractivity contribution >= 4 is 10.0 Å². The molecule has 1 saturated carbocycles. The molecule has 2 unspecified atom stereocenters. The Bertz CT molecular complexity index is 446. The lowest BCUT2D eigenvalue weighted by Gasteiger charge is -2.12. The average Bonchev–Trinajstić information content (AvgIpc) is 2.64. The highest BCUT2D eigenvalue weighted by Crippen LogP contribution is 2.19. The van der Waals surface area contributed by atoms with Crippen molar-refractivity contribution in [3.05, 3.63) is 24.5 Å². The Morgan fingerprint density at radius 1 is 1.44 bits per heavy atom. The van der Waals surface area contributed by atoms with Gasteiger partial charge in [0, 0.05) is 24.5 Å². The van der Waals surface area contributed by atoms with Crippen LogP contribution in [-0.4, -0.2) is 25.5 Å². The quantitative estimate of drug-likeness (QED) is 0.794. The molecule has 88 valence electrons. The van der Waals surface area contributed by atoms with Gasteiger partial charge in [0.1, 0.15) is 4.90 Å². The Labute approximate surface area is 95.1 Å². The lowest BCUT2D eigenvalue weighted by molar-refractivity contribution is 0.548. The standard InChI is InChI=1S/C10H15N3O2S/c11-8-3-4-9(6-8)13-16(14,15)10-2-1-5-12-7-10/h1-2,5,7-9,13H,3-4,6,11H2. The summed E-state index contributed by atoms with van der Waals surface area (Å²) in [6, 6.07) is 3.21. The lowest BCUT2D eigenvalue weighted by atomic mass is 10.2. The Balaban J connectivity index is 2.09. The summed E-state index contributed by atoms with van der Waals surface area (Å²) in [5, 5.41) is 0. The van der Waals surface area contributed by atoms with Gasteiger partial charge < -0.3 is 5.73 Å². The molecule has 0 amide bonds. The first-order valence-corrected chi connectivity index (χ1v) is 6.74. The molecule has 0 aliphatic heterocycles. The van der Waals surface area contributed by atoms with Gasteiger partial charge >= 0.3 is 0 Å². The SMILES string of the molecule is NC1CCC(NS(=O)(=O)c2cccnc2)C1. The maximum Gasteiger partial charge on any atom is 0.242 e. The van der Waals surface area contributed by atoms with Gasteiger partial charge in [-0.15, -0.1) is 0 Å². The Morgan fingerprint density at radius 3 is 2.81 bits per heavy atom. The van der Waals surface area contributed by atoms with Crippen molar-refractivity contribution < 1.29 is 8.42 Å². The summed E-state index contributed by atoms with van der Waals surface area (Å²) >= 11 is 0. The van der Waals surface area contributed by atoms with Crippen molar-refractivity contribution in [3.8, 4) is 0 Å². The molecular formula is C10H15N3O2S. The van der Waals surface area contributed by atoms with E-state index in [1.54, 1.807) is 12.3 Å². The molecule has 5 nitrogen and oxygen atoms in total. The molecule has 1 aliphatic carbocycles. The molecule has 2 rings (SSSR count). The highest BCUT2D eigenvalue weighted by atomic mass is 32.2. The van der Waals surface area contributed by atoms with E-state index in [0.29, 0.717) is 6.42 Å². The molecule has 1 aliphatic rings. The summed E-state index contributed by atoms with van der Waals surface area (Å²) in [6.07, 6.45) is 5.28. The molecule has 0 aromatic carbocycles. The molecule has 16 heavy (non-hydrogen) atoms. The zero-order valence-electron chi connectivity index (χ0n) is 8.83. The van der Waals surface area contributed by atoms with Crippen molar-refractivity contribution in [3.63, 3.8) is 0 Å². The molecule has 3 N–H and O–H groups in total. The molecule has 6 heteroatoms. The fourth-order valence-corrected chi connectivity index (χ4v) is 3.16. The number of nitrogens with zero attached hydrogens (tertiary/aromatic N) is 1. The van der Waals surface area contributed by atoms with Crippen LogP contribution in [0, 0.1) is 0 Å². The molecule has 1 aromatic rings. The van der Waals surface area contributed by atoms with Gasteiger partial charge in [-0.1, -0.05) is 0 Å². The highest BCUT2D eigenvalue weighted by Gasteiger charge is 2.26. The van der Waals surface area contributed by atoms with Gasteiger partial charge in [0.2, 0.25) is 10.0 Å². The van der Waals surface area contributed by atoms with E-state index >= 15 is 0 Å². The summed E-state index contributed by atoms with van der Waals surface area (Å²) in [6.45, 7) is 0. The maximum atomic E-state index is 11.9. The van der Waals surface area contributed by atoms with Gasteiger partial charge in [-0.25, -0.2) is 13.1 Å². The molecular weight excluding hydrogens is 226 g/mol. The lowest BCUT2D eigenvalue weighted by Crippen LogP contribution is -2.34. The van der Waals surface area contributed by atoms with Crippen LogP contribution >= 0.6 is 0 Å². The maximum absolute atomic E-state index is 11.9. The second-order valence-corrected chi connectivity index (χ2v) is 5.79. The molecule has 2 atom stereocenters. The van der Waals surface area contributed by atoms with Crippen LogP contribution in [0.2, 0.25) is 0 Å². The minimum Gasteiger partial charge on any atom is -0.328 e. The zero-order chi connectivity index (χ0) is 11.6. The van der Waals surface area contributed by atoms with E-state index in [-0.39, 0.29) is 17.0 Å². The van der Waals surface area contributed by atoms with Crippen molar-refractivity contribution in [1.82, 2.24) is 9.71 Å². The third-order valence-corrected chi connectivity index (χ3v) is 4.25. The number of nitrogens with one attached hydrogen (secondary N) is 1. The number of hydrogen-bond acceptors (Lipinski definition) is 4. The third-order valence-electron chi connectivity index (χ3n) is 2.74. The van der Waals surface area contributed by atoms with Crippen LogP contribution in [0.1, 0.15) is 19.3 Å². The van der Waals surface area contributed by atoms with Gasteiger partial charge in [-0.2, -0.15) is 0 Å². The summed E-state index contributed by atoms with van der Waals surface area (Å²) < 4.78 is 26.5. The number of aromatic nitrogens is 1. The van der Waals surface area contributed by atoms with E-state index in [1.807, 2.05) is 0 Å². The summed E-state index contributed by atoms with van der Waals surface area (Å²) in [5.41, 5.74) is 5.74. The smallest absolute Gasteiger partial charge is 0.242 e. The molecule has 1 heterocycles. The first-order valence-electron chi connectivity index (χ1n) is 5.26. The topological polar surface area (TPSA) is 85.1 Å². The minimum absolute atomic E-state index is 0.0415. The van der Waals surface area contributed by atoms with Gasteiger partial charge in [0.25, 0.3) is 0 Å². The van der Waals surface area contributed by atoms with E-state index < -0.39 is 10.0 Å². The van der Waals surface area contributed by atoms with Gasteiger partial charge in [0.05, 0.1) is 0 Å². The van der Waals surface area contributed by atoms with E-state index in [9.17, 15) is 8.42 Å². The zero-order valence-corrected chi connectivity index (χ0v) is 9.65. The highest BCUT2D eigenvalue weighted by molar-refractivity contribution is 7.89. The fourth-order valence-electron chi connectivity index (χ4n) is 1.92. The van der Waals surface area contributed by atoms with Crippen LogP contribution in [0.5, 0.6) is 0 Å². The van der Waals surface area contributed by atoms with Gasteiger partial charge in [-0.05, 0) is 31.4 Å². The molecule has 0 spiro atoms. The van der Waals surface area contributed by atoms with Gasteiger partial charge in [0.15, 0.2) is 0 Å². The molecule has 0 radical (unpaired) electrons. The summed E-state index contributed by atoms with van der Waals surface area (Å²) in [4.78, 5) is 4.00. The first kappa shape index (κ1) is 11.5. The predicted molar refractivity (Wildman–Crippen MR) is 60.2 cm³/mol. The van der Waals surface area contributed by atoms with E-state index in [0.717, 1.165) is 12.8 Å². The second-order valence-electron chi connectivity index (χ2n) is 4.08. The Morgan fingerprint density at radius 2 is 2.25 bits per heavy atom. The van der Waals surface area contributed by atoms with Crippen molar-refractivity contribution in [1.29, 1.82) is 0 Å². The Hall–Kier alpha value is -0.980. The van der Waals surface area contributed by atoms with E-state index in [2.05, 4.69) is 9.71 Å². The number of hydrogen-bond donors (Lipinski definition) is 2. The van der Waals surface area contributed by atoms with Crippen molar-refractivity contribution in [2.75, 3.05) is 0 Å². The number of sulfonamides is 1. The Kier molecular flexibility index (Phi) is 3.22. The van der Waals surface area contributed by atoms with Crippen molar-refractivity contribution in [2.24, 2.45) is 5.73 Å². The average molecular weight is 241 g/mol. The fraction of sp³-hybridized carbons (Fsp3) is 0.500. The normalized spacial score (nSPS) is 25.8. The first-order chi connectivity index (χ1) is 7.58. The largest absolute Gasteiger partial charge is 0.328 e. The van der Waals surface area contributed by atoms with E-state index in [1.165, 1.54) is 12.3 Å². The van der Waals surface area contributed by atoms with Crippen molar-refractivity contribution in [2.45, 2.75) is 36.2 Å². The molecule has 0 saturated heterocycles. The van der Waals surface area contributed by atoms with Gasteiger partial charge in [-0.3, -0.25) is 4.98 Å². The van der Waals surface area contributed by atoms with Crippen LogP contribution in [0.15, 0.2) is 29.4 Å². The van der Waals surface area contributed by atoms with Crippen LogP contribution in [-0.2, 0) is 10.0 Å². The van der Waals surface area contributed by atoms with Crippen LogP contribution < -0.4 is 10.5 Å². The monoisotopic (exact) mass is 241 g/mol. The third kappa shape index (κ3) is 2.58. The summed E-state index contributed by atoms with van der Waals surface area (Å²) in [7, 11) is -3.44. The molecule has 1 aromatic heterocycles. The number of nitrogens with two attached hydrogens (primary N) is 1. The minimum atomic E-state index is -3.44. The van der Waals surface area contributed by atoms with E-state index in [4.69, 9.17) is 5.73 Å². The van der Waals surface area contributed by atoms with Crippen LogP contribution in [0.3, 0.4) is 0 Å². The number of rotatable bonds is 3. The van der Waals surface area contributed by atoms with Crippen LogP contribution in [0.25, 0.3) is 0 Å². The predicted octanol–water partition coefficient (Wildman–Crippen LogP) is 0.240. The number of pyridine rings is 1. The summed E-state index contributed by atoms with van der Waals surface area (Å²) in [5.74, 6) is 0. The molecule has 0 bridgehead atoms.